The minimum atomic E-state index is -0.751. The van der Waals surface area contributed by atoms with Crippen LogP contribution in [0.4, 0.5) is 14.5 Å². The summed E-state index contributed by atoms with van der Waals surface area (Å²) in [6.07, 6.45) is 0. The SMILES string of the molecule is COc1ccc(C(C)N(C)c2c(F)cc(C#N)cc2F)cc1. The predicted molar refractivity (Wildman–Crippen MR) is 80.9 cm³/mol. The van der Waals surface area contributed by atoms with Crippen LogP contribution in [0.3, 0.4) is 0 Å². The molecule has 2 aromatic rings. The van der Waals surface area contributed by atoms with Gasteiger partial charge in [-0.05, 0) is 36.8 Å². The van der Waals surface area contributed by atoms with E-state index in [1.807, 2.05) is 19.1 Å². The fourth-order valence-corrected chi connectivity index (χ4v) is 2.27. The fraction of sp³-hybridized carbons (Fsp3) is 0.235. The van der Waals surface area contributed by atoms with Crippen LogP contribution in [0.2, 0.25) is 0 Å². The third-order valence-electron chi connectivity index (χ3n) is 3.68. The van der Waals surface area contributed by atoms with Gasteiger partial charge < -0.3 is 9.64 Å². The first-order valence-corrected chi connectivity index (χ1v) is 6.74. The van der Waals surface area contributed by atoms with E-state index >= 15 is 0 Å². The van der Waals surface area contributed by atoms with Crippen molar-refractivity contribution in [3.63, 3.8) is 0 Å². The second-order valence-electron chi connectivity index (χ2n) is 4.96. The number of ether oxygens (including phenoxy) is 1. The zero-order valence-electron chi connectivity index (χ0n) is 12.6. The highest BCUT2D eigenvalue weighted by Gasteiger charge is 2.20. The number of hydrogen-bond acceptors (Lipinski definition) is 3. The van der Waals surface area contributed by atoms with Crippen LogP contribution in [0, 0.1) is 23.0 Å². The lowest BCUT2D eigenvalue weighted by Gasteiger charge is -2.28. The van der Waals surface area contributed by atoms with Crippen molar-refractivity contribution in [1.29, 1.82) is 5.26 Å². The number of benzene rings is 2. The molecule has 0 radical (unpaired) electrons. The molecule has 0 aliphatic carbocycles. The Morgan fingerprint density at radius 1 is 1.14 bits per heavy atom. The molecular weight excluding hydrogens is 286 g/mol. The molecule has 22 heavy (non-hydrogen) atoms. The van der Waals surface area contributed by atoms with Crippen LogP contribution >= 0.6 is 0 Å². The molecule has 0 fully saturated rings. The largest absolute Gasteiger partial charge is 0.497 e. The lowest BCUT2D eigenvalue weighted by Crippen LogP contribution is -2.24. The van der Waals surface area contributed by atoms with E-state index in [0.29, 0.717) is 5.75 Å². The van der Waals surface area contributed by atoms with Gasteiger partial charge in [0, 0.05) is 7.05 Å². The van der Waals surface area contributed by atoms with E-state index in [2.05, 4.69) is 0 Å². The Bertz CT molecular complexity index is 685. The summed E-state index contributed by atoms with van der Waals surface area (Å²) in [5.41, 5.74) is 0.707. The van der Waals surface area contributed by atoms with Crippen LogP contribution < -0.4 is 9.64 Å². The van der Waals surface area contributed by atoms with E-state index < -0.39 is 11.6 Å². The third-order valence-corrected chi connectivity index (χ3v) is 3.68. The molecule has 0 heterocycles. The Morgan fingerprint density at radius 3 is 2.14 bits per heavy atom. The predicted octanol–water partition coefficient (Wildman–Crippen LogP) is 4.04. The number of nitriles is 1. The van der Waals surface area contributed by atoms with Gasteiger partial charge >= 0.3 is 0 Å². The molecule has 0 aromatic heterocycles. The number of methoxy groups -OCH3 is 1. The van der Waals surface area contributed by atoms with Crippen molar-refractivity contribution in [1.82, 2.24) is 0 Å². The smallest absolute Gasteiger partial charge is 0.150 e. The Kier molecular flexibility index (Phi) is 4.62. The average Bonchev–Trinajstić information content (AvgIpc) is 2.53. The molecule has 0 saturated carbocycles. The Labute approximate surface area is 128 Å². The lowest BCUT2D eigenvalue weighted by molar-refractivity contribution is 0.414. The topological polar surface area (TPSA) is 36.3 Å². The maximum Gasteiger partial charge on any atom is 0.150 e. The molecule has 0 aliphatic rings. The van der Waals surface area contributed by atoms with Crippen molar-refractivity contribution in [3.8, 4) is 11.8 Å². The summed E-state index contributed by atoms with van der Waals surface area (Å²) < 4.78 is 33.3. The van der Waals surface area contributed by atoms with Gasteiger partial charge in [-0.3, -0.25) is 0 Å². The molecule has 1 atom stereocenters. The first-order valence-electron chi connectivity index (χ1n) is 6.74. The number of nitrogens with zero attached hydrogens (tertiary/aromatic N) is 2. The van der Waals surface area contributed by atoms with Gasteiger partial charge in [0.15, 0.2) is 11.6 Å². The standard InChI is InChI=1S/C17H16F2N2O/c1-11(13-4-6-14(22-3)7-5-13)21(2)17-15(18)8-12(10-20)9-16(17)19/h4-9,11H,1-3H3. The molecule has 0 N–H and O–H groups in total. The van der Waals surface area contributed by atoms with Crippen LogP contribution in [0.1, 0.15) is 24.1 Å². The highest BCUT2D eigenvalue weighted by molar-refractivity contribution is 5.53. The number of halogens is 2. The second-order valence-corrected chi connectivity index (χ2v) is 4.96. The molecule has 0 spiro atoms. The van der Waals surface area contributed by atoms with E-state index in [1.54, 1.807) is 32.4 Å². The minimum absolute atomic E-state index is 0.0377. The molecule has 0 amide bonds. The zero-order valence-corrected chi connectivity index (χ0v) is 12.6. The molecule has 0 aliphatic heterocycles. The van der Waals surface area contributed by atoms with Gasteiger partial charge in [0.2, 0.25) is 0 Å². The highest BCUT2D eigenvalue weighted by Crippen LogP contribution is 2.31. The number of rotatable bonds is 4. The van der Waals surface area contributed by atoms with E-state index in [-0.39, 0.29) is 17.3 Å². The number of hydrogen-bond donors (Lipinski definition) is 0. The molecule has 5 heteroatoms. The molecule has 3 nitrogen and oxygen atoms in total. The summed E-state index contributed by atoms with van der Waals surface area (Å²) >= 11 is 0. The molecule has 114 valence electrons. The monoisotopic (exact) mass is 302 g/mol. The Balaban J connectivity index is 2.34. The Hall–Kier alpha value is -2.61. The summed E-state index contributed by atoms with van der Waals surface area (Å²) in [4.78, 5) is 1.51. The van der Waals surface area contributed by atoms with E-state index in [9.17, 15) is 8.78 Å². The average molecular weight is 302 g/mol. The summed E-state index contributed by atoms with van der Waals surface area (Å²) in [6.45, 7) is 1.85. The maximum absolute atomic E-state index is 14.1. The zero-order chi connectivity index (χ0) is 16.3. The van der Waals surface area contributed by atoms with Gasteiger partial charge in [0.25, 0.3) is 0 Å². The third kappa shape index (κ3) is 3.01. The molecule has 0 bridgehead atoms. The first-order chi connectivity index (χ1) is 10.5. The van der Waals surface area contributed by atoms with Gasteiger partial charge in [-0.1, -0.05) is 12.1 Å². The van der Waals surface area contributed by atoms with E-state index in [4.69, 9.17) is 10.00 Å². The summed E-state index contributed by atoms with van der Waals surface area (Å²) in [6, 6.07) is 10.9. The van der Waals surface area contributed by atoms with E-state index in [0.717, 1.165) is 17.7 Å². The lowest BCUT2D eigenvalue weighted by atomic mass is 10.1. The molecule has 1 unspecified atom stereocenters. The maximum atomic E-state index is 14.1. The normalized spacial score (nSPS) is 11.6. The fourth-order valence-electron chi connectivity index (χ4n) is 2.27. The first kappa shape index (κ1) is 15.8. The van der Waals surface area contributed by atoms with Gasteiger partial charge in [0.1, 0.15) is 11.4 Å². The number of anilines is 1. The molecular formula is C17H16F2N2O. The Morgan fingerprint density at radius 2 is 1.68 bits per heavy atom. The summed E-state index contributed by atoms with van der Waals surface area (Å²) in [5, 5.41) is 8.74. The van der Waals surface area contributed by atoms with Crippen LogP contribution in [-0.4, -0.2) is 14.2 Å². The highest BCUT2D eigenvalue weighted by atomic mass is 19.1. The van der Waals surface area contributed by atoms with Crippen molar-refractivity contribution in [2.75, 3.05) is 19.1 Å². The van der Waals surface area contributed by atoms with Crippen molar-refractivity contribution < 1.29 is 13.5 Å². The van der Waals surface area contributed by atoms with Crippen LogP contribution in [-0.2, 0) is 0 Å². The van der Waals surface area contributed by atoms with Gasteiger partial charge in [-0.2, -0.15) is 5.26 Å². The van der Waals surface area contributed by atoms with Gasteiger partial charge in [0.05, 0.1) is 24.8 Å². The summed E-state index contributed by atoms with van der Waals surface area (Å²) in [5.74, 6) is -0.784. The summed E-state index contributed by atoms with van der Waals surface area (Å²) in [7, 11) is 3.19. The second kappa shape index (κ2) is 6.44. The quantitative estimate of drug-likeness (QED) is 0.855. The van der Waals surface area contributed by atoms with Gasteiger partial charge in [-0.15, -0.1) is 0 Å². The molecule has 2 aromatic carbocycles. The van der Waals surface area contributed by atoms with Crippen molar-refractivity contribution in [2.24, 2.45) is 0 Å². The van der Waals surface area contributed by atoms with Gasteiger partial charge in [-0.25, -0.2) is 8.78 Å². The van der Waals surface area contributed by atoms with E-state index in [1.165, 1.54) is 4.90 Å². The molecule has 0 saturated heterocycles. The molecule has 2 rings (SSSR count). The van der Waals surface area contributed by atoms with Crippen molar-refractivity contribution >= 4 is 5.69 Å². The van der Waals surface area contributed by atoms with Crippen molar-refractivity contribution in [3.05, 3.63) is 59.2 Å². The minimum Gasteiger partial charge on any atom is -0.497 e. The van der Waals surface area contributed by atoms with Crippen LogP contribution in [0.25, 0.3) is 0 Å². The van der Waals surface area contributed by atoms with Crippen LogP contribution in [0.5, 0.6) is 5.75 Å². The van der Waals surface area contributed by atoms with Crippen LogP contribution in [0.15, 0.2) is 36.4 Å². The van der Waals surface area contributed by atoms with Crippen molar-refractivity contribution in [2.45, 2.75) is 13.0 Å².